The molecule has 0 aromatic heterocycles. The number of piperazine rings is 1. The van der Waals surface area contributed by atoms with Crippen molar-refractivity contribution in [1.82, 2.24) is 9.80 Å². The SMILES string of the molecule is N#CC(c1ccc(F)cc1)N1CCN(C(=O)c2ccccc2)CC1. The lowest BCUT2D eigenvalue weighted by atomic mass is 10.1. The van der Waals surface area contributed by atoms with E-state index in [-0.39, 0.29) is 11.7 Å². The highest BCUT2D eigenvalue weighted by Gasteiger charge is 2.27. The Kier molecular flexibility index (Phi) is 4.88. The number of nitrogens with zero attached hydrogens (tertiary/aromatic N) is 3. The summed E-state index contributed by atoms with van der Waals surface area (Å²) in [4.78, 5) is 16.3. The summed E-state index contributed by atoms with van der Waals surface area (Å²) in [5.41, 5.74) is 1.46. The molecule has 2 aromatic rings. The van der Waals surface area contributed by atoms with Crippen molar-refractivity contribution < 1.29 is 9.18 Å². The molecule has 5 heteroatoms. The largest absolute Gasteiger partial charge is 0.336 e. The first-order chi connectivity index (χ1) is 11.7. The molecule has 0 N–H and O–H groups in total. The van der Waals surface area contributed by atoms with E-state index in [1.807, 2.05) is 40.1 Å². The van der Waals surface area contributed by atoms with Gasteiger partial charge in [0.05, 0.1) is 6.07 Å². The first-order valence-electron chi connectivity index (χ1n) is 7.92. The van der Waals surface area contributed by atoms with Gasteiger partial charge in [-0.3, -0.25) is 9.69 Å². The van der Waals surface area contributed by atoms with Crippen LogP contribution >= 0.6 is 0 Å². The zero-order valence-corrected chi connectivity index (χ0v) is 13.2. The van der Waals surface area contributed by atoms with Gasteiger partial charge in [-0.1, -0.05) is 30.3 Å². The molecule has 0 saturated carbocycles. The second kappa shape index (κ2) is 7.24. The van der Waals surface area contributed by atoms with Gasteiger partial charge in [-0.15, -0.1) is 0 Å². The molecule has 122 valence electrons. The molecule has 0 bridgehead atoms. The maximum Gasteiger partial charge on any atom is 0.253 e. The fourth-order valence-corrected chi connectivity index (χ4v) is 2.96. The summed E-state index contributed by atoms with van der Waals surface area (Å²) in [7, 11) is 0. The Labute approximate surface area is 140 Å². The zero-order valence-electron chi connectivity index (χ0n) is 13.2. The number of carbonyl (C=O) groups is 1. The second-order valence-corrected chi connectivity index (χ2v) is 5.78. The van der Waals surface area contributed by atoms with Gasteiger partial charge in [0.25, 0.3) is 5.91 Å². The smallest absolute Gasteiger partial charge is 0.253 e. The summed E-state index contributed by atoms with van der Waals surface area (Å²) in [5, 5.41) is 9.49. The summed E-state index contributed by atoms with van der Waals surface area (Å²) >= 11 is 0. The van der Waals surface area contributed by atoms with Crippen molar-refractivity contribution in [2.24, 2.45) is 0 Å². The number of amides is 1. The fourth-order valence-electron chi connectivity index (χ4n) is 2.96. The quantitative estimate of drug-likeness (QED) is 0.872. The van der Waals surface area contributed by atoms with Crippen LogP contribution in [0.5, 0.6) is 0 Å². The number of carbonyl (C=O) groups excluding carboxylic acids is 1. The van der Waals surface area contributed by atoms with Gasteiger partial charge < -0.3 is 4.90 Å². The number of hydrogen-bond acceptors (Lipinski definition) is 3. The summed E-state index contributed by atoms with van der Waals surface area (Å²) in [6.07, 6.45) is 0. The Morgan fingerprint density at radius 3 is 2.21 bits per heavy atom. The molecule has 1 aliphatic rings. The van der Waals surface area contributed by atoms with E-state index >= 15 is 0 Å². The van der Waals surface area contributed by atoms with Crippen molar-refractivity contribution in [2.75, 3.05) is 26.2 Å². The Balaban J connectivity index is 1.65. The molecular weight excluding hydrogens is 305 g/mol. The number of halogens is 1. The van der Waals surface area contributed by atoms with Crippen LogP contribution in [-0.2, 0) is 0 Å². The summed E-state index contributed by atoms with van der Waals surface area (Å²) in [5.74, 6) is -0.292. The number of nitriles is 1. The molecule has 1 unspecified atom stereocenters. The van der Waals surface area contributed by atoms with Gasteiger partial charge in [-0.2, -0.15) is 5.26 Å². The molecule has 24 heavy (non-hydrogen) atoms. The van der Waals surface area contributed by atoms with Crippen molar-refractivity contribution in [1.29, 1.82) is 5.26 Å². The fraction of sp³-hybridized carbons (Fsp3) is 0.263. The van der Waals surface area contributed by atoms with E-state index in [0.29, 0.717) is 31.7 Å². The van der Waals surface area contributed by atoms with Crippen LogP contribution in [-0.4, -0.2) is 41.9 Å². The normalized spacial score (nSPS) is 16.4. The van der Waals surface area contributed by atoms with Crippen LogP contribution in [0.3, 0.4) is 0 Å². The van der Waals surface area contributed by atoms with E-state index in [2.05, 4.69) is 6.07 Å². The average Bonchev–Trinajstić information content (AvgIpc) is 2.64. The molecule has 4 nitrogen and oxygen atoms in total. The van der Waals surface area contributed by atoms with Gasteiger partial charge in [0.15, 0.2) is 0 Å². The monoisotopic (exact) mass is 323 g/mol. The lowest BCUT2D eigenvalue weighted by Gasteiger charge is -2.37. The van der Waals surface area contributed by atoms with Crippen molar-refractivity contribution in [3.05, 3.63) is 71.5 Å². The number of benzene rings is 2. The van der Waals surface area contributed by atoms with Crippen LogP contribution < -0.4 is 0 Å². The Bertz CT molecular complexity index is 731. The second-order valence-electron chi connectivity index (χ2n) is 5.78. The Morgan fingerprint density at radius 2 is 1.62 bits per heavy atom. The highest BCUT2D eigenvalue weighted by molar-refractivity contribution is 5.94. The number of rotatable bonds is 3. The lowest BCUT2D eigenvalue weighted by Crippen LogP contribution is -2.49. The minimum absolute atomic E-state index is 0.0190. The molecule has 1 fully saturated rings. The van der Waals surface area contributed by atoms with Gasteiger partial charge in [0, 0.05) is 31.7 Å². The Morgan fingerprint density at radius 1 is 1.00 bits per heavy atom. The minimum Gasteiger partial charge on any atom is -0.336 e. The van der Waals surface area contributed by atoms with Crippen molar-refractivity contribution >= 4 is 5.91 Å². The topological polar surface area (TPSA) is 47.3 Å². The molecule has 1 aliphatic heterocycles. The van der Waals surface area contributed by atoms with E-state index in [9.17, 15) is 14.4 Å². The lowest BCUT2D eigenvalue weighted by molar-refractivity contribution is 0.0606. The third-order valence-electron chi connectivity index (χ3n) is 4.30. The van der Waals surface area contributed by atoms with Crippen LogP contribution in [0.1, 0.15) is 22.0 Å². The molecule has 0 aliphatic carbocycles. The van der Waals surface area contributed by atoms with Crippen LogP contribution in [0.15, 0.2) is 54.6 Å². The van der Waals surface area contributed by atoms with Gasteiger partial charge in [0.1, 0.15) is 11.9 Å². The molecule has 1 amide bonds. The predicted octanol–water partition coefficient (Wildman–Crippen LogP) is 2.85. The third kappa shape index (κ3) is 3.44. The van der Waals surface area contributed by atoms with E-state index < -0.39 is 6.04 Å². The molecule has 2 aromatic carbocycles. The first kappa shape index (κ1) is 16.2. The van der Waals surface area contributed by atoms with E-state index in [1.54, 1.807) is 12.1 Å². The number of hydrogen-bond donors (Lipinski definition) is 0. The van der Waals surface area contributed by atoms with Gasteiger partial charge in [0.2, 0.25) is 0 Å². The van der Waals surface area contributed by atoms with Crippen LogP contribution in [0.25, 0.3) is 0 Å². The first-order valence-corrected chi connectivity index (χ1v) is 7.92. The van der Waals surface area contributed by atoms with E-state index in [4.69, 9.17) is 0 Å². The predicted molar refractivity (Wildman–Crippen MR) is 88.7 cm³/mol. The zero-order chi connectivity index (χ0) is 16.9. The molecule has 0 radical (unpaired) electrons. The van der Waals surface area contributed by atoms with Gasteiger partial charge in [-0.25, -0.2) is 4.39 Å². The average molecular weight is 323 g/mol. The summed E-state index contributed by atoms with van der Waals surface area (Å²) in [6.45, 7) is 2.39. The van der Waals surface area contributed by atoms with Crippen LogP contribution in [0.4, 0.5) is 4.39 Å². The minimum atomic E-state index is -0.417. The molecule has 1 heterocycles. The summed E-state index contributed by atoms with van der Waals surface area (Å²) < 4.78 is 13.1. The van der Waals surface area contributed by atoms with E-state index in [1.165, 1.54) is 12.1 Å². The third-order valence-corrected chi connectivity index (χ3v) is 4.30. The van der Waals surface area contributed by atoms with Crippen LogP contribution in [0, 0.1) is 17.1 Å². The summed E-state index contributed by atoms with van der Waals surface area (Å²) in [6, 6.07) is 17.1. The Hall–Kier alpha value is -2.71. The highest BCUT2D eigenvalue weighted by Crippen LogP contribution is 2.22. The molecule has 1 saturated heterocycles. The standard InChI is InChI=1S/C19H18FN3O/c20-17-8-6-15(7-9-17)18(14-21)22-10-12-23(13-11-22)19(24)16-4-2-1-3-5-16/h1-9,18H,10-13H2. The highest BCUT2D eigenvalue weighted by atomic mass is 19.1. The molecule has 1 atom stereocenters. The van der Waals surface area contributed by atoms with Crippen LogP contribution in [0.2, 0.25) is 0 Å². The van der Waals surface area contributed by atoms with Gasteiger partial charge >= 0.3 is 0 Å². The maximum absolute atomic E-state index is 13.1. The van der Waals surface area contributed by atoms with E-state index in [0.717, 1.165) is 5.56 Å². The molecular formula is C19H18FN3O. The maximum atomic E-state index is 13.1. The molecule has 3 rings (SSSR count). The van der Waals surface area contributed by atoms with Crippen molar-refractivity contribution in [3.63, 3.8) is 0 Å². The molecule has 0 spiro atoms. The van der Waals surface area contributed by atoms with Gasteiger partial charge in [-0.05, 0) is 29.8 Å². The van der Waals surface area contributed by atoms with Crippen molar-refractivity contribution in [2.45, 2.75) is 6.04 Å². The van der Waals surface area contributed by atoms with Crippen molar-refractivity contribution in [3.8, 4) is 6.07 Å².